The number of aromatic nitrogens is 6. The Morgan fingerprint density at radius 1 is 0.727 bits per heavy atom. The van der Waals surface area contributed by atoms with E-state index in [-0.39, 0.29) is 61.2 Å². The first-order chi connectivity index (χ1) is 25.6. The van der Waals surface area contributed by atoms with Crippen LogP contribution in [0.4, 0.5) is 0 Å². The molecule has 12 nitrogen and oxygen atoms in total. The molecule has 0 bridgehead atoms. The number of hydrogen-bond acceptors (Lipinski definition) is 10. The van der Waals surface area contributed by atoms with Crippen LogP contribution in [-0.4, -0.2) is 75.7 Å². The van der Waals surface area contributed by atoms with Crippen LogP contribution in [0.25, 0.3) is 21.8 Å². The van der Waals surface area contributed by atoms with E-state index in [0.717, 1.165) is 24.1 Å². The van der Waals surface area contributed by atoms with Gasteiger partial charge < -0.3 is 22.3 Å². The molecule has 0 saturated heterocycles. The van der Waals surface area contributed by atoms with Gasteiger partial charge in [0.15, 0.2) is 0 Å². The molecule has 14 heteroatoms. The predicted molar refractivity (Wildman–Crippen MR) is 213 cm³/mol. The van der Waals surface area contributed by atoms with E-state index in [1.165, 1.54) is 0 Å². The maximum atomic E-state index is 12.6. The van der Waals surface area contributed by atoms with Crippen LogP contribution < -0.4 is 46.0 Å². The summed E-state index contributed by atoms with van der Waals surface area (Å²) in [6, 6.07) is 22.2. The smallest absolute Gasteiger partial charge is 0.512 e. The molecule has 55 heavy (non-hydrogen) atoms. The molecule has 2 unspecified atom stereocenters. The molecular formula is C41H42BN9NaO3. The number of fused-ring (bicyclic) bond motifs is 2. The van der Waals surface area contributed by atoms with Gasteiger partial charge in [-0.2, -0.15) is 0 Å². The molecule has 0 amide bonds. The van der Waals surface area contributed by atoms with Crippen LogP contribution in [0.3, 0.4) is 0 Å². The van der Waals surface area contributed by atoms with Crippen molar-refractivity contribution in [2.75, 3.05) is 28.3 Å². The van der Waals surface area contributed by atoms with Gasteiger partial charge in [0.2, 0.25) is 0 Å². The molecule has 4 aromatic heterocycles. The Hall–Kier alpha value is -5.43. The van der Waals surface area contributed by atoms with Crippen LogP contribution in [0.15, 0.2) is 94.8 Å². The molecule has 6 aromatic rings. The second-order valence-corrected chi connectivity index (χ2v) is 11.7. The molecule has 4 heterocycles. The Labute approximate surface area is 346 Å². The van der Waals surface area contributed by atoms with E-state index in [2.05, 4.69) is 44.0 Å². The van der Waals surface area contributed by atoms with Gasteiger partial charge >= 0.3 is 29.6 Å². The first kappa shape index (κ1) is 47.6. The second kappa shape index (κ2) is 23.4. The Balaban J connectivity index is 0.000000489. The molecule has 6 rings (SSSR count). The van der Waals surface area contributed by atoms with Gasteiger partial charge in [-0.1, -0.05) is 24.0 Å². The van der Waals surface area contributed by atoms with Gasteiger partial charge in [0.05, 0.1) is 33.9 Å². The van der Waals surface area contributed by atoms with Gasteiger partial charge in [0.25, 0.3) is 11.1 Å². The van der Waals surface area contributed by atoms with Crippen molar-refractivity contribution in [1.29, 1.82) is 5.26 Å². The van der Waals surface area contributed by atoms with Gasteiger partial charge in [-0.05, 0) is 107 Å². The minimum absolute atomic E-state index is 0. The van der Waals surface area contributed by atoms with Gasteiger partial charge in [0, 0.05) is 53.1 Å². The van der Waals surface area contributed by atoms with Gasteiger partial charge in [0.1, 0.15) is 23.0 Å². The second-order valence-electron chi connectivity index (χ2n) is 11.7. The predicted octanol–water partition coefficient (Wildman–Crippen LogP) is 0.688. The number of nitrogens with one attached hydrogen (secondary N) is 1. The number of aliphatic hydroxyl groups is 1. The summed E-state index contributed by atoms with van der Waals surface area (Å²) in [6.45, 7) is 8.75. The number of aliphatic hydroxyl groups excluding tert-OH is 1. The molecule has 2 aromatic carbocycles. The number of pyridine rings is 2. The van der Waals surface area contributed by atoms with E-state index >= 15 is 0 Å². The van der Waals surface area contributed by atoms with Gasteiger partial charge in [-0.25, -0.2) is 19.9 Å². The molecule has 2 N–H and O–H groups in total. The van der Waals surface area contributed by atoms with E-state index in [1.54, 1.807) is 47.8 Å². The summed E-state index contributed by atoms with van der Waals surface area (Å²) in [5.74, 6) is 13.6. The fourth-order valence-corrected chi connectivity index (χ4v) is 5.00. The molecule has 0 fully saturated rings. The van der Waals surface area contributed by atoms with Crippen molar-refractivity contribution >= 4 is 30.2 Å². The average molecular weight is 743 g/mol. The van der Waals surface area contributed by atoms with Crippen LogP contribution in [0, 0.1) is 35.5 Å². The minimum Gasteiger partial charge on any atom is -0.512 e. The third kappa shape index (κ3) is 12.3. The van der Waals surface area contributed by atoms with Crippen LogP contribution in [0.2, 0.25) is 0 Å². The van der Waals surface area contributed by atoms with Gasteiger partial charge in [-0.3, -0.25) is 23.6 Å². The Morgan fingerprint density at radius 2 is 1.15 bits per heavy atom. The average Bonchev–Trinajstić information content (AvgIpc) is 3.20. The molecule has 273 valence electrons. The third-order valence-corrected chi connectivity index (χ3v) is 8.19. The number of benzene rings is 2. The monoisotopic (exact) mass is 742 g/mol. The molecule has 0 saturated carbocycles. The van der Waals surface area contributed by atoms with Crippen molar-refractivity contribution in [1.82, 2.24) is 39.3 Å². The maximum Gasteiger partial charge on any atom is 1.00 e. The van der Waals surface area contributed by atoms with Crippen molar-refractivity contribution in [3.8, 4) is 23.7 Å². The Bertz CT molecular complexity index is 2430. The topological polar surface area (TPSA) is 155 Å². The zero-order valence-electron chi connectivity index (χ0n) is 32.7. The van der Waals surface area contributed by atoms with Crippen molar-refractivity contribution in [3.63, 3.8) is 0 Å². The zero-order chi connectivity index (χ0) is 39.1. The number of rotatable bonds is 4. The molecule has 0 spiro atoms. The molecule has 2 atom stereocenters. The van der Waals surface area contributed by atoms with Crippen LogP contribution in [-0.2, 0) is 14.1 Å². The summed E-state index contributed by atoms with van der Waals surface area (Å²) in [5.41, 5.74) is 4.25. The fraction of sp³-hybridized carbons (Fsp3) is 0.244. The molecule has 0 aliphatic rings. The third-order valence-electron chi connectivity index (χ3n) is 8.19. The number of hydrogen-bond donors (Lipinski definition) is 2. The van der Waals surface area contributed by atoms with Crippen molar-refractivity contribution in [2.45, 2.75) is 25.9 Å². The van der Waals surface area contributed by atoms with Crippen molar-refractivity contribution in [3.05, 3.63) is 147 Å². The van der Waals surface area contributed by atoms with E-state index in [1.807, 2.05) is 101 Å². The zero-order valence-corrected chi connectivity index (χ0v) is 34.7. The summed E-state index contributed by atoms with van der Waals surface area (Å²) >= 11 is 0. The Morgan fingerprint density at radius 3 is 1.53 bits per heavy atom. The molecule has 3 radical (unpaired) electrons. The van der Waals surface area contributed by atoms with Crippen LogP contribution in [0.5, 0.6) is 0 Å². The molecule has 0 aliphatic heterocycles. The van der Waals surface area contributed by atoms with Crippen molar-refractivity contribution in [2.24, 2.45) is 14.1 Å². The van der Waals surface area contributed by atoms with Crippen LogP contribution in [0.1, 0.15) is 60.1 Å². The SMILES string of the molecule is CC(c1nc2cc(C#Cc3ccccn3)ccc2c(=O)n1C)N(C)C.CNC(C)c1nc2cc(C#Cc3ccccn3)ccc2c(=O)n1C.CO.[B].[C-]#N.[Na+]. The first-order valence-electron chi connectivity index (χ1n) is 16.5. The van der Waals surface area contributed by atoms with E-state index in [4.69, 9.17) is 21.9 Å². The summed E-state index contributed by atoms with van der Waals surface area (Å²) in [7, 11) is 10.3. The standard InChI is InChI=1S/C20H20N4O.C19H18N4O.CN.CH4O.B.Na/c1-14(23(2)3)19-22-18-13-15(8-10-16-7-5-6-12-21-16)9-11-17(18)20(25)24(19)4;1-13(20-2)18-22-17-12-14(7-9-15-6-4-5-11-21-15)8-10-16(17)19(24)23(18)3;2*1-2;;/h5-7,9,11-14H,1-4H3;4-6,8,10-13,20H,1-3H3;;2H,1H3;;/q;;-1;;;+1. The quantitative estimate of drug-likeness (QED) is 0.150. The first-order valence-corrected chi connectivity index (χ1v) is 16.5. The maximum absolute atomic E-state index is 12.6. The van der Waals surface area contributed by atoms with Crippen LogP contribution >= 0.6 is 0 Å². The molecular weight excluding hydrogens is 700 g/mol. The fourth-order valence-electron chi connectivity index (χ4n) is 5.00. The molecule has 0 aliphatic carbocycles. The summed E-state index contributed by atoms with van der Waals surface area (Å²) in [4.78, 5) is 44.9. The largest absolute Gasteiger partial charge is 1.00 e. The van der Waals surface area contributed by atoms with E-state index in [9.17, 15) is 9.59 Å². The summed E-state index contributed by atoms with van der Waals surface area (Å²) in [5, 5.41) is 17.6. The van der Waals surface area contributed by atoms with Crippen molar-refractivity contribution < 1.29 is 34.7 Å². The van der Waals surface area contributed by atoms with E-state index in [0.29, 0.717) is 39.0 Å². The summed E-state index contributed by atoms with van der Waals surface area (Å²) in [6.07, 6.45) is 3.42. The number of nitrogens with zero attached hydrogens (tertiary/aromatic N) is 8. The Kier molecular flexibility index (Phi) is 20.2. The minimum atomic E-state index is -0.0543. The van der Waals surface area contributed by atoms with Gasteiger partial charge in [-0.15, -0.1) is 0 Å². The normalized spacial score (nSPS) is 10.8. The van der Waals surface area contributed by atoms with E-state index < -0.39 is 0 Å². The summed E-state index contributed by atoms with van der Waals surface area (Å²) < 4.78 is 3.20.